The van der Waals surface area contributed by atoms with Crippen molar-refractivity contribution in [3.63, 3.8) is 0 Å². The van der Waals surface area contributed by atoms with Gasteiger partial charge >= 0.3 is 12.0 Å². The molecule has 2 aromatic heterocycles. The zero-order valence-electron chi connectivity index (χ0n) is 12.0. The van der Waals surface area contributed by atoms with Gasteiger partial charge in [0.1, 0.15) is 5.82 Å². The Hall–Kier alpha value is -2.41. The average Bonchev–Trinajstić information content (AvgIpc) is 2.86. The normalized spacial score (nSPS) is 13.6. The lowest BCUT2D eigenvalue weighted by atomic mass is 10.1. The number of pyridine rings is 1. The van der Waals surface area contributed by atoms with Crippen LogP contribution in [0.25, 0.3) is 0 Å². The van der Waals surface area contributed by atoms with Crippen LogP contribution in [0.5, 0.6) is 0 Å². The molecule has 22 heavy (non-hydrogen) atoms. The fraction of sp³-hybridized carbons (Fsp3) is 0.267. The Kier molecular flexibility index (Phi) is 3.81. The summed E-state index contributed by atoms with van der Waals surface area (Å²) >= 11 is 1.79. The Morgan fingerprint density at radius 3 is 2.91 bits per heavy atom. The molecule has 2 amide bonds. The van der Waals surface area contributed by atoms with E-state index >= 15 is 0 Å². The monoisotopic (exact) mass is 317 g/mol. The van der Waals surface area contributed by atoms with Crippen molar-refractivity contribution in [2.75, 3.05) is 11.9 Å². The van der Waals surface area contributed by atoms with Crippen molar-refractivity contribution in [1.29, 1.82) is 0 Å². The number of nitrogens with one attached hydrogen (secondary N) is 1. The van der Waals surface area contributed by atoms with Crippen LogP contribution < -0.4 is 5.32 Å². The number of hydrogen-bond acceptors (Lipinski definition) is 4. The molecular formula is C15H15N3O3S. The summed E-state index contributed by atoms with van der Waals surface area (Å²) in [6.07, 6.45) is 2.10. The highest BCUT2D eigenvalue weighted by Gasteiger charge is 2.22. The molecule has 0 fully saturated rings. The van der Waals surface area contributed by atoms with Crippen molar-refractivity contribution >= 4 is 29.2 Å². The van der Waals surface area contributed by atoms with Crippen LogP contribution in [0.4, 0.5) is 10.6 Å². The van der Waals surface area contributed by atoms with Crippen molar-refractivity contribution in [2.24, 2.45) is 0 Å². The number of thiophene rings is 1. The lowest BCUT2D eigenvalue weighted by Gasteiger charge is -2.26. The van der Waals surface area contributed by atoms with Crippen molar-refractivity contribution < 1.29 is 14.7 Å². The van der Waals surface area contributed by atoms with Crippen molar-refractivity contribution in [1.82, 2.24) is 9.88 Å². The second-order valence-corrected chi connectivity index (χ2v) is 6.49. The fourth-order valence-electron chi connectivity index (χ4n) is 2.44. The Balaban J connectivity index is 1.66. The van der Waals surface area contributed by atoms with Crippen molar-refractivity contribution in [3.05, 3.63) is 45.3 Å². The second kappa shape index (κ2) is 5.76. The molecule has 0 atom stereocenters. The van der Waals surface area contributed by atoms with Gasteiger partial charge in [0, 0.05) is 29.0 Å². The van der Waals surface area contributed by atoms with Crippen molar-refractivity contribution in [2.45, 2.75) is 19.9 Å². The maximum absolute atomic E-state index is 12.3. The Bertz CT molecular complexity index is 724. The van der Waals surface area contributed by atoms with Gasteiger partial charge in [-0.2, -0.15) is 0 Å². The quantitative estimate of drug-likeness (QED) is 0.892. The first kappa shape index (κ1) is 14.5. The van der Waals surface area contributed by atoms with Gasteiger partial charge in [0.25, 0.3) is 0 Å². The van der Waals surface area contributed by atoms with Gasteiger partial charge in [-0.25, -0.2) is 14.6 Å². The number of carbonyl (C=O) groups is 2. The summed E-state index contributed by atoms with van der Waals surface area (Å²) in [6, 6.07) is 4.82. The number of amides is 2. The molecule has 0 bridgehead atoms. The molecule has 0 aromatic carbocycles. The molecule has 7 heteroatoms. The lowest BCUT2D eigenvalue weighted by molar-refractivity contribution is 0.0696. The smallest absolute Gasteiger partial charge is 0.337 e. The van der Waals surface area contributed by atoms with Crippen LogP contribution in [0.15, 0.2) is 24.4 Å². The van der Waals surface area contributed by atoms with E-state index in [0.717, 1.165) is 6.42 Å². The highest BCUT2D eigenvalue weighted by Crippen LogP contribution is 2.27. The number of carboxylic acid groups (broad SMARTS) is 1. The number of aromatic carboxylic acids is 1. The molecule has 0 saturated heterocycles. The largest absolute Gasteiger partial charge is 0.478 e. The minimum atomic E-state index is -1.04. The number of nitrogens with zero attached hydrogens (tertiary/aromatic N) is 2. The number of hydrogen-bond donors (Lipinski definition) is 2. The minimum absolute atomic E-state index is 0.0920. The van der Waals surface area contributed by atoms with E-state index in [1.54, 1.807) is 16.2 Å². The summed E-state index contributed by atoms with van der Waals surface area (Å²) in [7, 11) is 0. The first-order valence-electron chi connectivity index (χ1n) is 6.86. The van der Waals surface area contributed by atoms with Gasteiger partial charge in [0.05, 0.1) is 5.56 Å². The zero-order chi connectivity index (χ0) is 15.7. The van der Waals surface area contributed by atoms with E-state index < -0.39 is 5.97 Å². The molecular weight excluding hydrogens is 302 g/mol. The Labute approximate surface area is 131 Å². The van der Waals surface area contributed by atoms with Crippen LogP contribution >= 0.6 is 11.3 Å². The summed E-state index contributed by atoms with van der Waals surface area (Å²) in [6.45, 7) is 3.34. The number of rotatable bonds is 2. The Morgan fingerprint density at radius 2 is 2.23 bits per heavy atom. The molecule has 2 aromatic rings. The molecule has 1 aliphatic heterocycles. The number of urea groups is 1. The first-order valence-corrected chi connectivity index (χ1v) is 7.68. The first-order chi connectivity index (χ1) is 10.5. The molecule has 1 aliphatic rings. The summed E-state index contributed by atoms with van der Waals surface area (Å²) in [5.41, 5.74) is 1.30. The molecule has 3 heterocycles. The van der Waals surface area contributed by atoms with Gasteiger partial charge in [-0.1, -0.05) is 0 Å². The number of carboxylic acids is 1. The topological polar surface area (TPSA) is 82.5 Å². The predicted molar refractivity (Wildman–Crippen MR) is 83.4 cm³/mol. The maximum atomic E-state index is 12.3. The van der Waals surface area contributed by atoms with E-state index in [2.05, 4.69) is 23.3 Å². The van der Waals surface area contributed by atoms with Crippen LogP contribution in [-0.2, 0) is 13.0 Å². The van der Waals surface area contributed by atoms with Crippen LogP contribution in [0.1, 0.15) is 25.7 Å². The van der Waals surface area contributed by atoms with E-state index in [1.165, 1.54) is 33.6 Å². The van der Waals surface area contributed by atoms with Gasteiger partial charge in [-0.05, 0) is 37.1 Å². The van der Waals surface area contributed by atoms with E-state index in [4.69, 9.17) is 5.11 Å². The highest BCUT2D eigenvalue weighted by atomic mass is 32.1. The second-order valence-electron chi connectivity index (χ2n) is 5.14. The Morgan fingerprint density at radius 1 is 1.41 bits per heavy atom. The third kappa shape index (κ3) is 2.94. The molecule has 2 N–H and O–H groups in total. The van der Waals surface area contributed by atoms with Gasteiger partial charge in [0.2, 0.25) is 0 Å². The van der Waals surface area contributed by atoms with E-state index in [0.29, 0.717) is 18.9 Å². The van der Waals surface area contributed by atoms with Crippen LogP contribution in [-0.4, -0.2) is 33.5 Å². The molecule has 0 radical (unpaired) electrons. The van der Waals surface area contributed by atoms with Crippen LogP contribution in [0.2, 0.25) is 0 Å². The molecule has 3 rings (SSSR count). The van der Waals surface area contributed by atoms with Gasteiger partial charge in [0.15, 0.2) is 0 Å². The SMILES string of the molecule is Cc1cc2c(s1)CCN(C(=O)Nc1ccc(C(=O)O)cn1)C2. The summed E-state index contributed by atoms with van der Waals surface area (Å²) in [5, 5.41) is 11.5. The number of anilines is 1. The van der Waals surface area contributed by atoms with Crippen molar-refractivity contribution in [3.8, 4) is 0 Å². The number of fused-ring (bicyclic) bond motifs is 1. The number of aryl methyl sites for hydroxylation is 1. The lowest BCUT2D eigenvalue weighted by Crippen LogP contribution is -2.38. The molecule has 0 spiro atoms. The number of aromatic nitrogens is 1. The molecule has 0 unspecified atom stereocenters. The van der Waals surface area contributed by atoms with Gasteiger partial charge < -0.3 is 10.0 Å². The average molecular weight is 317 g/mol. The van der Waals surface area contributed by atoms with Gasteiger partial charge in [-0.15, -0.1) is 11.3 Å². The maximum Gasteiger partial charge on any atom is 0.337 e. The van der Waals surface area contributed by atoms with Gasteiger partial charge in [-0.3, -0.25) is 5.32 Å². The third-order valence-corrected chi connectivity index (χ3v) is 4.68. The van der Waals surface area contributed by atoms with E-state index in [1.807, 2.05) is 0 Å². The molecule has 0 aliphatic carbocycles. The number of carbonyl (C=O) groups excluding carboxylic acids is 1. The van der Waals surface area contributed by atoms with Crippen LogP contribution in [0.3, 0.4) is 0 Å². The predicted octanol–water partition coefficient (Wildman–Crippen LogP) is 2.74. The summed E-state index contributed by atoms with van der Waals surface area (Å²) in [5.74, 6) is -0.691. The standard InChI is InChI=1S/C15H15N3O3S/c1-9-6-11-8-18(5-4-12(11)22-9)15(21)17-13-3-2-10(7-16-13)14(19)20/h2-3,6-7H,4-5,8H2,1H3,(H,19,20)(H,16,17,21). The summed E-state index contributed by atoms with van der Waals surface area (Å²) < 4.78 is 0. The van der Waals surface area contributed by atoms with E-state index in [-0.39, 0.29) is 11.6 Å². The fourth-order valence-corrected chi connectivity index (χ4v) is 3.48. The molecule has 0 saturated carbocycles. The summed E-state index contributed by atoms with van der Waals surface area (Å²) in [4.78, 5) is 31.3. The highest BCUT2D eigenvalue weighted by molar-refractivity contribution is 7.12. The third-order valence-electron chi connectivity index (χ3n) is 3.52. The molecule has 114 valence electrons. The minimum Gasteiger partial charge on any atom is -0.478 e. The van der Waals surface area contributed by atoms with E-state index in [9.17, 15) is 9.59 Å². The van der Waals surface area contributed by atoms with Crippen LogP contribution in [0, 0.1) is 6.92 Å². The molecule has 6 nitrogen and oxygen atoms in total. The zero-order valence-corrected chi connectivity index (χ0v) is 12.8.